The zero-order valence-electron chi connectivity index (χ0n) is 11.5. The molecule has 1 atom stereocenters. The summed E-state index contributed by atoms with van der Waals surface area (Å²) in [4.78, 5) is 32.2. The molecule has 0 rings (SSSR count). The van der Waals surface area contributed by atoms with Gasteiger partial charge in [0.1, 0.15) is 0 Å². The fourth-order valence-electron chi connectivity index (χ4n) is 0.901. The van der Waals surface area contributed by atoms with Gasteiger partial charge in [-0.25, -0.2) is 0 Å². The van der Waals surface area contributed by atoms with Crippen molar-refractivity contribution < 1.29 is 67.8 Å². The number of esters is 3. The van der Waals surface area contributed by atoms with Crippen LogP contribution in [0.3, 0.4) is 0 Å². The molecule has 0 aliphatic heterocycles. The molecule has 0 fully saturated rings. The van der Waals surface area contributed by atoms with E-state index in [-0.39, 0.29) is 31.0 Å². The van der Waals surface area contributed by atoms with Crippen molar-refractivity contribution >= 4 is 33.9 Å². The second-order valence-electron chi connectivity index (χ2n) is 3.14. The molecular formula is C8H12NNaO8S. The first-order valence-corrected chi connectivity index (χ1v) is 5.98. The molecule has 0 aliphatic rings. The van der Waals surface area contributed by atoms with E-state index < -0.39 is 45.6 Å². The topological polar surface area (TPSA) is 148 Å². The minimum atomic E-state index is -4.90. The van der Waals surface area contributed by atoms with Gasteiger partial charge < -0.3 is 10.9 Å². The van der Waals surface area contributed by atoms with Crippen molar-refractivity contribution in [1.29, 1.82) is 5.41 Å². The molecule has 0 bridgehead atoms. The van der Waals surface area contributed by atoms with Gasteiger partial charge in [-0.15, -0.1) is 0 Å². The van der Waals surface area contributed by atoms with E-state index in [1.165, 1.54) is 0 Å². The van der Waals surface area contributed by atoms with Gasteiger partial charge in [0.25, 0.3) is 10.1 Å². The third kappa shape index (κ3) is 8.83. The molecule has 0 radical (unpaired) electrons. The number of nitrogens with one attached hydrogen (secondary N) is 1. The van der Waals surface area contributed by atoms with Crippen LogP contribution in [0.4, 0.5) is 0 Å². The molecule has 0 amide bonds. The van der Waals surface area contributed by atoms with Gasteiger partial charge in [-0.05, 0) is 0 Å². The first-order valence-electron chi connectivity index (χ1n) is 4.48. The summed E-state index contributed by atoms with van der Waals surface area (Å²) < 4.78 is 38.7. The van der Waals surface area contributed by atoms with Crippen LogP contribution >= 0.6 is 0 Å². The summed E-state index contributed by atoms with van der Waals surface area (Å²) >= 11 is 0. The van der Waals surface area contributed by atoms with E-state index in [1.54, 1.807) is 0 Å². The molecule has 0 aromatic heterocycles. The van der Waals surface area contributed by atoms with Crippen molar-refractivity contribution in [2.45, 2.75) is 25.5 Å². The van der Waals surface area contributed by atoms with Crippen LogP contribution in [0.1, 0.15) is 21.7 Å². The average Bonchev–Trinajstić information content (AvgIpc) is 2.09. The molecule has 104 valence electrons. The smallest absolute Gasteiger partial charge is 1.00 e. The van der Waals surface area contributed by atoms with Gasteiger partial charge >= 0.3 is 47.5 Å². The predicted octanol–water partition coefficient (Wildman–Crippen LogP) is -3.62. The summed E-state index contributed by atoms with van der Waals surface area (Å²) in [7, 11) is -4.90. The molecule has 0 heterocycles. The zero-order valence-corrected chi connectivity index (χ0v) is 13.3. The normalized spacial score (nSPS) is 11.7. The van der Waals surface area contributed by atoms with Crippen LogP contribution in [0.2, 0.25) is 0 Å². The molecular weight excluding hydrogens is 293 g/mol. The van der Waals surface area contributed by atoms with E-state index in [2.05, 4.69) is 9.47 Å². The molecule has 9 nitrogen and oxygen atoms in total. The molecule has 2 N–H and O–H groups in total. The summed E-state index contributed by atoms with van der Waals surface area (Å²) in [6.07, 6.45) is -0.926. The minimum absolute atomic E-state index is 0. The summed E-state index contributed by atoms with van der Waals surface area (Å²) in [6.45, 7) is 1.82. The second kappa shape index (κ2) is 8.38. The Kier molecular flexibility index (Phi) is 9.04. The Morgan fingerprint density at radius 3 is 1.95 bits per heavy atom. The van der Waals surface area contributed by atoms with Crippen LogP contribution in [0.5, 0.6) is 0 Å². The maximum atomic E-state index is 11.2. The molecule has 0 saturated heterocycles. The number of hydrogen-bond donors (Lipinski definition) is 2. The van der Waals surface area contributed by atoms with Gasteiger partial charge in [0.05, 0.1) is 6.42 Å². The fourth-order valence-corrected chi connectivity index (χ4v) is 1.55. The Labute approximate surface area is 132 Å². The summed E-state index contributed by atoms with van der Waals surface area (Å²) in [5, 5.41) is 4.89. The molecule has 11 heteroatoms. The van der Waals surface area contributed by atoms with Gasteiger partial charge in [0, 0.05) is 13.8 Å². The summed E-state index contributed by atoms with van der Waals surface area (Å²) in [6, 6.07) is 0. The third-order valence-corrected chi connectivity index (χ3v) is 2.58. The molecule has 0 spiro atoms. The van der Waals surface area contributed by atoms with Crippen molar-refractivity contribution in [2.24, 2.45) is 0 Å². The Morgan fingerprint density at radius 1 is 1.21 bits per heavy atom. The SMILES string of the molecule is CC(=O)OC(=N)CC(C(=O)OC(C)=O)S(=O)(=O)O.[H-].[Na+]. The quantitative estimate of drug-likeness (QED) is 0.135. The van der Waals surface area contributed by atoms with Gasteiger partial charge in [0.15, 0.2) is 11.1 Å². The van der Waals surface area contributed by atoms with E-state index in [1.807, 2.05) is 0 Å². The number of carbonyl (C=O) groups excluding carboxylic acids is 3. The maximum Gasteiger partial charge on any atom is 1.00 e. The van der Waals surface area contributed by atoms with Crippen molar-refractivity contribution in [3.63, 3.8) is 0 Å². The second-order valence-corrected chi connectivity index (χ2v) is 4.74. The van der Waals surface area contributed by atoms with Crippen LogP contribution < -0.4 is 29.6 Å². The van der Waals surface area contributed by atoms with Crippen LogP contribution in [-0.2, 0) is 34.0 Å². The molecule has 0 aliphatic carbocycles. The van der Waals surface area contributed by atoms with Crippen LogP contribution in [0.15, 0.2) is 0 Å². The van der Waals surface area contributed by atoms with Crippen LogP contribution in [0.25, 0.3) is 0 Å². The predicted molar refractivity (Wildman–Crippen MR) is 57.3 cm³/mol. The third-order valence-electron chi connectivity index (χ3n) is 1.50. The molecule has 19 heavy (non-hydrogen) atoms. The number of carbonyl (C=O) groups is 3. The Hall–Kier alpha value is -0.810. The standard InChI is InChI=1S/C8H11NO8S.Na.H/c1-4(10)16-7(9)3-6(18(13,14)15)8(12)17-5(2)11;;/h6,9H,3H2,1-2H3,(H,13,14,15);;/q;+1;-1. The van der Waals surface area contributed by atoms with Crippen molar-refractivity contribution in [3.8, 4) is 0 Å². The average molecular weight is 305 g/mol. The first kappa shape index (κ1) is 20.5. The van der Waals surface area contributed by atoms with E-state index in [0.29, 0.717) is 0 Å². The van der Waals surface area contributed by atoms with Crippen molar-refractivity contribution in [3.05, 3.63) is 0 Å². The molecule has 0 aromatic rings. The first-order chi connectivity index (χ1) is 8.04. The zero-order chi connectivity index (χ0) is 14.5. The van der Waals surface area contributed by atoms with Gasteiger partial charge in [-0.1, -0.05) is 0 Å². The number of hydrogen-bond acceptors (Lipinski definition) is 8. The summed E-state index contributed by atoms with van der Waals surface area (Å²) in [5.41, 5.74) is 0. The Bertz CT molecular complexity index is 491. The maximum absolute atomic E-state index is 11.2. The number of ether oxygens (including phenoxy) is 2. The van der Waals surface area contributed by atoms with Gasteiger partial charge in [0.2, 0.25) is 0 Å². The molecule has 0 saturated carbocycles. The van der Waals surface area contributed by atoms with E-state index in [4.69, 9.17) is 9.96 Å². The minimum Gasteiger partial charge on any atom is -1.00 e. The number of rotatable bonds is 4. The summed E-state index contributed by atoms with van der Waals surface area (Å²) in [5.74, 6) is -4.38. The Morgan fingerprint density at radius 2 is 1.63 bits per heavy atom. The van der Waals surface area contributed by atoms with Gasteiger partial charge in [-0.3, -0.25) is 24.3 Å². The van der Waals surface area contributed by atoms with Crippen LogP contribution in [0, 0.1) is 5.41 Å². The van der Waals surface area contributed by atoms with Crippen LogP contribution in [-0.4, -0.2) is 42.0 Å². The Balaban J connectivity index is -0.00000144. The monoisotopic (exact) mass is 305 g/mol. The van der Waals surface area contributed by atoms with E-state index in [0.717, 1.165) is 13.8 Å². The fraction of sp³-hybridized carbons (Fsp3) is 0.500. The van der Waals surface area contributed by atoms with Crippen molar-refractivity contribution in [2.75, 3.05) is 0 Å². The van der Waals surface area contributed by atoms with E-state index in [9.17, 15) is 22.8 Å². The van der Waals surface area contributed by atoms with Gasteiger partial charge in [-0.2, -0.15) is 8.42 Å². The van der Waals surface area contributed by atoms with E-state index >= 15 is 0 Å². The molecule has 1 unspecified atom stereocenters. The molecule has 0 aromatic carbocycles. The van der Waals surface area contributed by atoms with Crippen molar-refractivity contribution in [1.82, 2.24) is 0 Å². The largest absolute Gasteiger partial charge is 1.00 e.